The van der Waals surface area contributed by atoms with Crippen LogP contribution in [0.5, 0.6) is 0 Å². The summed E-state index contributed by atoms with van der Waals surface area (Å²) in [6, 6.07) is 8.11. The van der Waals surface area contributed by atoms with Gasteiger partial charge in [0.2, 0.25) is 0 Å². The molecule has 1 N–H and O–H groups in total. The number of furan rings is 1. The summed E-state index contributed by atoms with van der Waals surface area (Å²) in [5, 5.41) is 3.30. The van der Waals surface area contributed by atoms with E-state index in [0.29, 0.717) is 0 Å². The highest BCUT2D eigenvalue weighted by molar-refractivity contribution is 7.98. The van der Waals surface area contributed by atoms with Crippen molar-refractivity contribution >= 4 is 17.6 Å². The quantitative estimate of drug-likeness (QED) is 0.795. The second kappa shape index (κ2) is 6.50. The lowest BCUT2D eigenvalue weighted by Gasteiger charge is -2.06. The van der Waals surface area contributed by atoms with Gasteiger partial charge in [0.05, 0.1) is 12.0 Å². The maximum absolute atomic E-state index is 5.28. The molecule has 0 aliphatic carbocycles. The summed E-state index contributed by atoms with van der Waals surface area (Å²) in [7, 11) is 0. The van der Waals surface area contributed by atoms with E-state index in [0.717, 1.165) is 36.0 Å². The number of aryl methyl sites for hydroxylation is 1. The van der Waals surface area contributed by atoms with Crippen molar-refractivity contribution in [3.8, 4) is 0 Å². The van der Waals surface area contributed by atoms with Gasteiger partial charge >= 0.3 is 0 Å². The van der Waals surface area contributed by atoms with E-state index in [1.807, 2.05) is 25.1 Å². The monoisotopic (exact) mass is 262 g/mol. The molecule has 4 heteroatoms. The van der Waals surface area contributed by atoms with Crippen molar-refractivity contribution in [2.45, 2.75) is 30.9 Å². The Hall–Kier alpha value is -1.42. The van der Waals surface area contributed by atoms with Crippen LogP contribution in [0.4, 0.5) is 5.82 Å². The van der Waals surface area contributed by atoms with Crippen molar-refractivity contribution in [2.75, 3.05) is 11.9 Å². The van der Waals surface area contributed by atoms with Crippen LogP contribution in [0.15, 0.2) is 39.8 Å². The summed E-state index contributed by atoms with van der Waals surface area (Å²) in [6.45, 7) is 5.09. The molecule has 0 aliphatic rings. The van der Waals surface area contributed by atoms with Crippen molar-refractivity contribution in [3.05, 3.63) is 42.0 Å². The van der Waals surface area contributed by atoms with E-state index in [4.69, 9.17) is 4.42 Å². The number of hydrogen-bond acceptors (Lipinski definition) is 4. The first kappa shape index (κ1) is 13.0. The number of thioether (sulfide) groups is 1. The Morgan fingerprint density at radius 1 is 1.33 bits per heavy atom. The van der Waals surface area contributed by atoms with E-state index in [1.54, 1.807) is 18.0 Å². The van der Waals surface area contributed by atoms with Crippen molar-refractivity contribution in [2.24, 2.45) is 0 Å². The maximum atomic E-state index is 5.28. The van der Waals surface area contributed by atoms with Crippen LogP contribution in [0.1, 0.15) is 24.8 Å². The summed E-state index contributed by atoms with van der Waals surface area (Å²) in [5.74, 6) is 2.79. The number of rotatable bonds is 6. The average molecular weight is 262 g/mol. The van der Waals surface area contributed by atoms with E-state index in [-0.39, 0.29) is 0 Å². The number of nitrogens with one attached hydrogen (secondary N) is 1. The van der Waals surface area contributed by atoms with Gasteiger partial charge in [-0.15, -0.1) is 11.8 Å². The molecule has 96 valence electrons. The second-order valence-corrected chi connectivity index (χ2v) is 5.09. The standard InChI is InChI=1S/C14H18N2OS/c1-3-8-15-14-6-4-5-12(16-14)10-18-13-7-9-17-11(13)2/h4-7,9H,3,8,10H2,1-2H3,(H,15,16). The van der Waals surface area contributed by atoms with Crippen molar-refractivity contribution in [3.63, 3.8) is 0 Å². The number of hydrogen-bond donors (Lipinski definition) is 1. The molecule has 0 amide bonds. The van der Waals surface area contributed by atoms with Gasteiger partial charge in [0.15, 0.2) is 0 Å². The fourth-order valence-electron chi connectivity index (χ4n) is 1.59. The van der Waals surface area contributed by atoms with E-state index in [2.05, 4.69) is 23.3 Å². The Balaban J connectivity index is 1.95. The molecular formula is C14H18N2OS. The number of anilines is 1. The molecule has 3 nitrogen and oxygen atoms in total. The minimum absolute atomic E-state index is 0.863. The first-order valence-electron chi connectivity index (χ1n) is 6.16. The molecule has 0 saturated heterocycles. The molecule has 18 heavy (non-hydrogen) atoms. The second-order valence-electron chi connectivity index (χ2n) is 4.07. The minimum atomic E-state index is 0.863. The van der Waals surface area contributed by atoms with Crippen LogP contribution in [0.25, 0.3) is 0 Å². The van der Waals surface area contributed by atoms with Crippen LogP contribution in [-0.4, -0.2) is 11.5 Å². The third-order valence-electron chi connectivity index (χ3n) is 2.55. The molecule has 2 rings (SSSR count). The summed E-state index contributed by atoms with van der Waals surface area (Å²) >= 11 is 1.76. The minimum Gasteiger partial charge on any atom is -0.468 e. The SMILES string of the molecule is CCCNc1cccc(CSc2ccoc2C)n1. The Labute approximate surface area is 112 Å². The van der Waals surface area contributed by atoms with E-state index in [9.17, 15) is 0 Å². The number of pyridine rings is 1. The lowest BCUT2D eigenvalue weighted by atomic mass is 10.3. The maximum Gasteiger partial charge on any atom is 0.126 e. The van der Waals surface area contributed by atoms with Crippen LogP contribution in [0.3, 0.4) is 0 Å². The zero-order chi connectivity index (χ0) is 12.8. The van der Waals surface area contributed by atoms with Crippen molar-refractivity contribution < 1.29 is 4.42 Å². The van der Waals surface area contributed by atoms with Gasteiger partial charge in [-0.2, -0.15) is 0 Å². The van der Waals surface area contributed by atoms with Crippen LogP contribution in [0, 0.1) is 6.92 Å². The summed E-state index contributed by atoms with van der Waals surface area (Å²) in [6.07, 6.45) is 2.83. The molecule has 0 aliphatic heterocycles. The fraction of sp³-hybridized carbons (Fsp3) is 0.357. The van der Waals surface area contributed by atoms with Crippen LogP contribution in [0.2, 0.25) is 0 Å². The smallest absolute Gasteiger partial charge is 0.126 e. The van der Waals surface area contributed by atoms with Gasteiger partial charge in [-0.1, -0.05) is 13.0 Å². The van der Waals surface area contributed by atoms with Crippen LogP contribution in [-0.2, 0) is 5.75 Å². The van der Waals surface area contributed by atoms with Gasteiger partial charge in [-0.25, -0.2) is 4.98 Å². The van der Waals surface area contributed by atoms with Gasteiger partial charge in [0.25, 0.3) is 0 Å². The molecule has 0 fully saturated rings. The van der Waals surface area contributed by atoms with Gasteiger partial charge in [-0.3, -0.25) is 0 Å². The molecule has 0 atom stereocenters. The molecule has 2 heterocycles. The predicted molar refractivity (Wildman–Crippen MR) is 76.0 cm³/mol. The van der Waals surface area contributed by atoms with E-state index < -0.39 is 0 Å². The highest BCUT2D eigenvalue weighted by Gasteiger charge is 2.03. The molecule has 2 aromatic heterocycles. The number of nitrogens with zero attached hydrogens (tertiary/aromatic N) is 1. The van der Waals surface area contributed by atoms with Crippen LogP contribution >= 0.6 is 11.8 Å². The molecule has 2 aromatic rings. The first-order chi connectivity index (χ1) is 8.79. The molecular weight excluding hydrogens is 244 g/mol. The summed E-state index contributed by atoms with van der Waals surface area (Å²) in [5.41, 5.74) is 1.08. The third kappa shape index (κ3) is 3.53. The Kier molecular flexibility index (Phi) is 4.70. The van der Waals surface area contributed by atoms with Crippen LogP contribution < -0.4 is 5.32 Å². The van der Waals surface area contributed by atoms with E-state index >= 15 is 0 Å². The topological polar surface area (TPSA) is 38.1 Å². The Morgan fingerprint density at radius 3 is 2.94 bits per heavy atom. The van der Waals surface area contributed by atoms with Gasteiger partial charge in [0, 0.05) is 17.2 Å². The van der Waals surface area contributed by atoms with Crippen molar-refractivity contribution in [1.29, 1.82) is 0 Å². The lowest BCUT2D eigenvalue weighted by molar-refractivity contribution is 0.527. The van der Waals surface area contributed by atoms with Gasteiger partial charge < -0.3 is 9.73 Å². The summed E-state index contributed by atoms with van der Waals surface area (Å²) in [4.78, 5) is 5.76. The lowest BCUT2D eigenvalue weighted by Crippen LogP contribution is -2.02. The molecule has 0 spiro atoms. The zero-order valence-electron chi connectivity index (χ0n) is 10.8. The van der Waals surface area contributed by atoms with Crippen molar-refractivity contribution in [1.82, 2.24) is 4.98 Å². The largest absolute Gasteiger partial charge is 0.468 e. The molecule has 0 saturated carbocycles. The van der Waals surface area contributed by atoms with Gasteiger partial charge in [-0.05, 0) is 31.5 Å². The molecule has 0 bridgehead atoms. The average Bonchev–Trinajstić information content (AvgIpc) is 2.80. The summed E-state index contributed by atoms with van der Waals surface area (Å²) < 4.78 is 5.28. The van der Waals surface area contributed by atoms with E-state index in [1.165, 1.54) is 4.90 Å². The highest BCUT2D eigenvalue weighted by atomic mass is 32.2. The zero-order valence-corrected chi connectivity index (χ0v) is 11.6. The van der Waals surface area contributed by atoms with Gasteiger partial charge in [0.1, 0.15) is 11.6 Å². The number of aromatic nitrogens is 1. The molecule has 0 radical (unpaired) electrons. The first-order valence-corrected chi connectivity index (χ1v) is 7.15. The third-order valence-corrected chi connectivity index (χ3v) is 3.72. The molecule has 0 aromatic carbocycles. The fourth-order valence-corrected chi connectivity index (χ4v) is 2.45. The highest BCUT2D eigenvalue weighted by Crippen LogP contribution is 2.26. The predicted octanol–water partition coefficient (Wildman–Crippen LogP) is 4.10. The normalized spacial score (nSPS) is 10.6. The Bertz CT molecular complexity index is 496. The molecule has 0 unspecified atom stereocenters. The Morgan fingerprint density at radius 2 is 2.22 bits per heavy atom.